The molecule has 6 heteroatoms. The number of thiophene rings is 1. The van der Waals surface area contributed by atoms with E-state index < -0.39 is 0 Å². The molecule has 0 N–H and O–H groups in total. The van der Waals surface area contributed by atoms with Gasteiger partial charge < -0.3 is 4.57 Å². The summed E-state index contributed by atoms with van der Waals surface area (Å²) in [6.45, 7) is 1.86. The fourth-order valence-electron chi connectivity index (χ4n) is 1.36. The second-order valence-electron chi connectivity index (χ2n) is 3.60. The van der Waals surface area contributed by atoms with E-state index in [0.717, 1.165) is 17.4 Å². The zero-order chi connectivity index (χ0) is 12.3. The van der Waals surface area contributed by atoms with Crippen LogP contribution in [0.5, 0.6) is 0 Å². The monoisotopic (exact) mass is 264 g/mol. The van der Waals surface area contributed by atoms with Crippen LogP contribution in [0.25, 0.3) is 0 Å². The Morgan fingerprint density at radius 3 is 3.06 bits per heavy atom. The maximum absolute atomic E-state index is 8.77. The molecule has 0 aromatic carbocycles. The summed E-state index contributed by atoms with van der Waals surface area (Å²) in [5.41, 5.74) is 0. The molecule has 2 rings (SSSR count). The smallest absolute Gasteiger partial charge is 0.192 e. The van der Waals surface area contributed by atoms with Crippen molar-refractivity contribution in [2.45, 2.75) is 23.8 Å². The first-order valence-electron chi connectivity index (χ1n) is 5.17. The number of nitrogens with zero attached hydrogens (tertiary/aromatic N) is 4. The summed E-state index contributed by atoms with van der Waals surface area (Å²) in [5, 5.41) is 19.8. The molecule has 88 valence electrons. The molecule has 2 aromatic heterocycles. The molecule has 17 heavy (non-hydrogen) atoms. The molecule has 0 saturated heterocycles. The SMILES string of the molecule is CC(C#N)Sc1nnc(Cc2cccs2)n1C. The standard InChI is InChI=1S/C11H12N4S2/c1-8(7-12)17-11-14-13-10(15(11)2)6-9-4-3-5-16-9/h3-5,8H,6H2,1-2H3. The van der Waals surface area contributed by atoms with Gasteiger partial charge in [-0.15, -0.1) is 21.5 Å². The first-order valence-corrected chi connectivity index (χ1v) is 6.93. The molecule has 0 amide bonds. The highest BCUT2D eigenvalue weighted by Gasteiger charge is 2.12. The Balaban J connectivity index is 2.13. The molecule has 1 atom stereocenters. The van der Waals surface area contributed by atoms with Crippen LogP contribution in [0.1, 0.15) is 17.6 Å². The lowest BCUT2D eigenvalue weighted by molar-refractivity contribution is 0.750. The van der Waals surface area contributed by atoms with Crippen molar-refractivity contribution in [2.24, 2.45) is 7.05 Å². The van der Waals surface area contributed by atoms with E-state index in [1.165, 1.54) is 16.6 Å². The molecular weight excluding hydrogens is 252 g/mol. The highest BCUT2D eigenvalue weighted by Crippen LogP contribution is 2.22. The van der Waals surface area contributed by atoms with Crippen LogP contribution in [0.4, 0.5) is 0 Å². The molecule has 0 aliphatic carbocycles. The predicted molar refractivity (Wildman–Crippen MR) is 69.1 cm³/mol. The molecule has 2 aromatic rings. The number of thioether (sulfide) groups is 1. The van der Waals surface area contributed by atoms with Gasteiger partial charge in [0.25, 0.3) is 0 Å². The molecule has 1 unspecified atom stereocenters. The van der Waals surface area contributed by atoms with Gasteiger partial charge in [-0.05, 0) is 18.4 Å². The highest BCUT2D eigenvalue weighted by molar-refractivity contribution is 8.00. The van der Waals surface area contributed by atoms with Gasteiger partial charge in [-0.3, -0.25) is 0 Å². The highest BCUT2D eigenvalue weighted by atomic mass is 32.2. The molecule has 0 fully saturated rings. The van der Waals surface area contributed by atoms with Crippen LogP contribution in [-0.4, -0.2) is 20.0 Å². The van der Waals surface area contributed by atoms with Crippen LogP contribution >= 0.6 is 23.1 Å². The van der Waals surface area contributed by atoms with Crippen molar-refractivity contribution in [3.63, 3.8) is 0 Å². The molecule has 0 saturated carbocycles. The second-order valence-corrected chi connectivity index (χ2v) is 5.94. The van der Waals surface area contributed by atoms with E-state index in [2.05, 4.69) is 27.7 Å². The number of hydrogen-bond donors (Lipinski definition) is 0. The largest absolute Gasteiger partial charge is 0.309 e. The van der Waals surface area contributed by atoms with Gasteiger partial charge >= 0.3 is 0 Å². The summed E-state index contributed by atoms with van der Waals surface area (Å²) in [4.78, 5) is 1.27. The summed E-state index contributed by atoms with van der Waals surface area (Å²) in [7, 11) is 1.94. The van der Waals surface area contributed by atoms with E-state index in [9.17, 15) is 0 Å². The maximum Gasteiger partial charge on any atom is 0.192 e. The summed E-state index contributed by atoms with van der Waals surface area (Å²) in [6.07, 6.45) is 0.794. The van der Waals surface area contributed by atoms with E-state index in [-0.39, 0.29) is 5.25 Å². The lowest BCUT2D eigenvalue weighted by Crippen LogP contribution is -2.01. The minimum atomic E-state index is -0.104. The molecule has 0 spiro atoms. The van der Waals surface area contributed by atoms with Gasteiger partial charge in [-0.25, -0.2) is 0 Å². The fraction of sp³-hybridized carbons (Fsp3) is 0.364. The van der Waals surface area contributed by atoms with Gasteiger partial charge in [0.15, 0.2) is 5.16 Å². The van der Waals surface area contributed by atoms with Crippen LogP contribution in [0.15, 0.2) is 22.7 Å². The minimum Gasteiger partial charge on any atom is -0.309 e. The number of hydrogen-bond acceptors (Lipinski definition) is 5. The summed E-state index contributed by atoms with van der Waals surface area (Å²) < 4.78 is 1.96. The van der Waals surface area contributed by atoms with Gasteiger partial charge in [0.05, 0.1) is 11.3 Å². The van der Waals surface area contributed by atoms with E-state index in [0.29, 0.717) is 0 Å². The zero-order valence-corrected chi connectivity index (χ0v) is 11.3. The minimum absolute atomic E-state index is 0.104. The molecule has 0 aliphatic heterocycles. The van der Waals surface area contributed by atoms with Crippen molar-refractivity contribution in [2.75, 3.05) is 0 Å². The van der Waals surface area contributed by atoms with Crippen molar-refractivity contribution in [3.8, 4) is 6.07 Å². The van der Waals surface area contributed by atoms with Crippen LogP contribution in [0, 0.1) is 11.3 Å². The third-order valence-electron chi connectivity index (χ3n) is 2.30. The Labute approximate surface area is 108 Å². The van der Waals surface area contributed by atoms with Gasteiger partial charge in [0.1, 0.15) is 5.82 Å². The van der Waals surface area contributed by atoms with E-state index >= 15 is 0 Å². The number of nitriles is 1. The Hall–Kier alpha value is -1.32. The van der Waals surface area contributed by atoms with Gasteiger partial charge in [-0.2, -0.15) is 5.26 Å². The van der Waals surface area contributed by atoms with Crippen LogP contribution in [0.2, 0.25) is 0 Å². The van der Waals surface area contributed by atoms with Gasteiger partial charge in [0, 0.05) is 18.3 Å². The molecule has 0 radical (unpaired) electrons. The van der Waals surface area contributed by atoms with E-state index in [1.807, 2.05) is 24.6 Å². The molecular formula is C11H12N4S2. The normalized spacial score (nSPS) is 12.3. The molecule has 0 aliphatic rings. The van der Waals surface area contributed by atoms with Crippen LogP contribution in [0.3, 0.4) is 0 Å². The van der Waals surface area contributed by atoms with Crippen molar-refractivity contribution >= 4 is 23.1 Å². The Morgan fingerprint density at radius 1 is 1.59 bits per heavy atom. The van der Waals surface area contributed by atoms with Crippen LogP contribution < -0.4 is 0 Å². The van der Waals surface area contributed by atoms with Crippen LogP contribution in [-0.2, 0) is 13.5 Å². The average molecular weight is 264 g/mol. The second kappa shape index (κ2) is 5.34. The number of aromatic nitrogens is 3. The van der Waals surface area contributed by atoms with Crippen molar-refractivity contribution < 1.29 is 0 Å². The lowest BCUT2D eigenvalue weighted by Gasteiger charge is -2.03. The third-order valence-corrected chi connectivity index (χ3v) is 4.20. The predicted octanol–water partition coefficient (Wildman–Crippen LogP) is 2.47. The third kappa shape index (κ3) is 2.87. The van der Waals surface area contributed by atoms with Gasteiger partial charge in [-0.1, -0.05) is 17.8 Å². The quantitative estimate of drug-likeness (QED) is 0.796. The Kier molecular flexibility index (Phi) is 3.82. The van der Waals surface area contributed by atoms with Crippen molar-refractivity contribution in [1.29, 1.82) is 5.26 Å². The lowest BCUT2D eigenvalue weighted by atomic mass is 10.3. The summed E-state index contributed by atoms with van der Waals surface area (Å²) in [5.74, 6) is 0.931. The summed E-state index contributed by atoms with van der Waals surface area (Å²) in [6, 6.07) is 6.30. The first-order chi connectivity index (χ1) is 8.20. The molecule has 0 bridgehead atoms. The molecule has 4 nitrogen and oxygen atoms in total. The molecule has 2 heterocycles. The van der Waals surface area contributed by atoms with Crippen molar-refractivity contribution in [1.82, 2.24) is 14.8 Å². The maximum atomic E-state index is 8.77. The number of rotatable bonds is 4. The first kappa shape index (κ1) is 12.1. The Morgan fingerprint density at radius 2 is 2.41 bits per heavy atom. The zero-order valence-electron chi connectivity index (χ0n) is 9.62. The van der Waals surface area contributed by atoms with Crippen molar-refractivity contribution in [3.05, 3.63) is 28.2 Å². The van der Waals surface area contributed by atoms with Gasteiger partial charge in [0.2, 0.25) is 0 Å². The van der Waals surface area contributed by atoms with E-state index in [1.54, 1.807) is 11.3 Å². The van der Waals surface area contributed by atoms with E-state index in [4.69, 9.17) is 5.26 Å². The fourth-order valence-corrected chi connectivity index (χ4v) is 2.78. The average Bonchev–Trinajstić information content (AvgIpc) is 2.94. The Bertz CT molecular complexity index is 524. The summed E-state index contributed by atoms with van der Waals surface area (Å²) >= 11 is 3.15. The topological polar surface area (TPSA) is 54.5 Å².